The first-order chi connectivity index (χ1) is 20.3. The van der Waals surface area contributed by atoms with Gasteiger partial charge in [0.1, 0.15) is 0 Å². The number of nitrogens with zero attached hydrogens (tertiary/aromatic N) is 1. The molecule has 0 fully saturated rings. The van der Waals surface area contributed by atoms with Crippen LogP contribution in [0.2, 0.25) is 0 Å². The van der Waals surface area contributed by atoms with Crippen molar-refractivity contribution < 1.29 is 4.42 Å². The number of rotatable bonds is 3. The van der Waals surface area contributed by atoms with Crippen molar-refractivity contribution in [2.45, 2.75) is 0 Å². The maximum atomic E-state index is 6.46. The van der Waals surface area contributed by atoms with E-state index in [-0.39, 0.29) is 0 Å². The van der Waals surface area contributed by atoms with Gasteiger partial charge in [0.05, 0.1) is 0 Å². The summed E-state index contributed by atoms with van der Waals surface area (Å²) in [5.41, 5.74) is 5.17. The molecule has 0 unspecified atom stereocenters. The van der Waals surface area contributed by atoms with Gasteiger partial charge < -0.3 is 0 Å². The topological polar surface area (TPSA) is 16.4 Å². The minimum atomic E-state index is 0.290. The van der Waals surface area contributed by atoms with E-state index in [2.05, 4.69) is 144 Å². The van der Waals surface area contributed by atoms with Crippen LogP contribution in [0.5, 0.6) is 0 Å². The summed E-state index contributed by atoms with van der Waals surface area (Å²) < 4.78 is 9.40. The van der Waals surface area contributed by atoms with Crippen LogP contribution in [0.4, 0.5) is 17.1 Å². The molecule has 0 radical (unpaired) electrons. The van der Waals surface area contributed by atoms with Gasteiger partial charge in [0.2, 0.25) is 0 Å². The molecule has 2 aromatic heterocycles. The molecule has 9 rings (SSSR count). The fourth-order valence-electron chi connectivity index (χ4n) is 6.25. The van der Waals surface area contributed by atoms with Gasteiger partial charge in [-0.05, 0) is 0 Å². The van der Waals surface area contributed by atoms with Gasteiger partial charge in [-0.1, -0.05) is 24.3 Å². The van der Waals surface area contributed by atoms with Gasteiger partial charge in [-0.25, -0.2) is 0 Å². The summed E-state index contributed by atoms with van der Waals surface area (Å²) >= 11 is 0.290. The van der Waals surface area contributed by atoms with Gasteiger partial charge in [0, 0.05) is 0 Å². The Hall–Kier alpha value is -4.82. The van der Waals surface area contributed by atoms with Crippen molar-refractivity contribution in [1.82, 2.24) is 0 Å². The van der Waals surface area contributed by atoms with Crippen molar-refractivity contribution in [3.63, 3.8) is 0 Å². The van der Waals surface area contributed by atoms with Crippen molar-refractivity contribution in [3.8, 4) is 0 Å². The van der Waals surface area contributed by atoms with Gasteiger partial charge in [0.15, 0.2) is 0 Å². The maximum absolute atomic E-state index is 6.46. The quantitative estimate of drug-likeness (QED) is 0.191. The molecule has 0 bridgehead atoms. The van der Waals surface area contributed by atoms with Gasteiger partial charge in [0.25, 0.3) is 0 Å². The molecule has 9 aromatic rings. The fraction of sp³-hybridized carbons (Fsp3) is 0. The van der Waals surface area contributed by atoms with Crippen molar-refractivity contribution in [2.24, 2.45) is 0 Å². The molecular formula is C38H23NOSe. The fourth-order valence-corrected chi connectivity index (χ4v) is 8.80. The van der Waals surface area contributed by atoms with Crippen molar-refractivity contribution in [3.05, 3.63) is 140 Å². The summed E-state index contributed by atoms with van der Waals surface area (Å²) in [6.07, 6.45) is 0. The summed E-state index contributed by atoms with van der Waals surface area (Å²) in [6, 6.07) is 50.4. The zero-order chi connectivity index (χ0) is 26.9. The molecule has 3 heteroatoms. The molecule has 0 saturated carbocycles. The average Bonchev–Trinajstić information content (AvgIpc) is 3.58. The molecule has 7 aromatic carbocycles. The second-order valence-electron chi connectivity index (χ2n) is 10.6. The van der Waals surface area contributed by atoms with Gasteiger partial charge >= 0.3 is 219 Å². The Bertz CT molecular complexity index is 2430. The van der Waals surface area contributed by atoms with Crippen LogP contribution in [0, 0.1) is 0 Å². The van der Waals surface area contributed by atoms with Gasteiger partial charge in [-0.15, -0.1) is 0 Å². The average molecular weight is 589 g/mol. The van der Waals surface area contributed by atoms with E-state index in [1.54, 1.807) is 0 Å². The first-order valence-electron chi connectivity index (χ1n) is 13.8. The summed E-state index contributed by atoms with van der Waals surface area (Å²) in [5, 5.41) is 10.1. The monoisotopic (exact) mass is 589 g/mol. The van der Waals surface area contributed by atoms with E-state index < -0.39 is 0 Å². The predicted octanol–water partition coefficient (Wildman–Crippen LogP) is 10.7. The molecule has 0 saturated heterocycles. The number of benzene rings is 7. The molecule has 0 amide bonds. The van der Waals surface area contributed by atoms with Gasteiger partial charge in [-0.2, -0.15) is 0 Å². The van der Waals surface area contributed by atoms with Crippen LogP contribution >= 0.6 is 0 Å². The molecule has 0 N–H and O–H groups in total. The third kappa shape index (κ3) is 3.57. The number of anilines is 3. The first-order valence-corrected chi connectivity index (χ1v) is 15.6. The summed E-state index contributed by atoms with van der Waals surface area (Å²) in [5.74, 6) is 0. The molecule has 0 aliphatic carbocycles. The Morgan fingerprint density at radius 2 is 1.10 bits per heavy atom. The van der Waals surface area contributed by atoms with Crippen molar-refractivity contribution in [1.29, 1.82) is 0 Å². The number of fused-ring (bicyclic) bond motifs is 9. The third-order valence-electron chi connectivity index (χ3n) is 8.20. The first kappa shape index (κ1) is 22.9. The molecular weight excluding hydrogens is 565 g/mol. The molecule has 192 valence electrons. The van der Waals surface area contributed by atoms with Crippen LogP contribution in [0.3, 0.4) is 0 Å². The van der Waals surface area contributed by atoms with E-state index in [0.29, 0.717) is 14.5 Å². The van der Waals surface area contributed by atoms with Crippen molar-refractivity contribution >= 4 is 94.3 Å². The second-order valence-corrected chi connectivity index (χ2v) is 12.8. The Kier molecular flexibility index (Phi) is 4.95. The van der Waals surface area contributed by atoms with Crippen LogP contribution in [0.1, 0.15) is 0 Å². The Morgan fingerprint density at radius 3 is 1.98 bits per heavy atom. The van der Waals surface area contributed by atoms with Gasteiger partial charge in [-0.3, -0.25) is 0 Å². The molecule has 2 heterocycles. The Morgan fingerprint density at radius 1 is 0.415 bits per heavy atom. The molecule has 2 nitrogen and oxygen atoms in total. The van der Waals surface area contributed by atoms with E-state index in [9.17, 15) is 0 Å². The van der Waals surface area contributed by atoms with Crippen LogP contribution in [0.25, 0.3) is 62.8 Å². The molecule has 0 aliphatic heterocycles. The van der Waals surface area contributed by atoms with E-state index in [4.69, 9.17) is 4.42 Å². The minimum absolute atomic E-state index is 0.290. The number of furan rings is 1. The third-order valence-corrected chi connectivity index (χ3v) is 10.8. The molecule has 0 atom stereocenters. The van der Waals surface area contributed by atoms with E-state index >= 15 is 0 Å². The molecule has 41 heavy (non-hydrogen) atoms. The van der Waals surface area contributed by atoms with Crippen LogP contribution in [-0.4, -0.2) is 14.5 Å². The van der Waals surface area contributed by atoms with Crippen molar-refractivity contribution in [2.75, 3.05) is 4.90 Å². The summed E-state index contributed by atoms with van der Waals surface area (Å²) in [7, 11) is 0. The number of hydrogen-bond donors (Lipinski definition) is 0. The van der Waals surface area contributed by atoms with Crippen LogP contribution in [0.15, 0.2) is 144 Å². The molecule has 0 aliphatic rings. The summed E-state index contributed by atoms with van der Waals surface area (Å²) in [6.45, 7) is 0. The number of hydrogen-bond acceptors (Lipinski definition) is 2. The second kappa shape index (κ2) is 8.84. The zero-order valence-electron chi connectivity index (χ0n) is 22.0. The van der Waals surface area contributed by atoms with E-state index in [1.165, 1.54) is 40.8 Å². The Labute approximate surface area is 242 Å². The number of para-hydroxylation sites is 1. The Balaban J connectivity index is 1.25. The summed E-state index contributed by atoms with van der Waals surface area (Å²) in [4.78, 5) is 2.34. The van der Waals surface area contributed by atoms with E-state index in [1.807, 2.05) is 0 Å². The SMILES string of the molecule is c1ccc(N(c2ccc3c(c2)oc2cc4ccccc4cc23)c2ccc3[se]c4c5ccccc5ccc4c3c2)cc1. The van der Waals surface area contributed by atoms with Crippen LogP contribution < -0.4 is 4.90 Å². The van der Waals surface area contributed by atoms with Crippen LogP contribution in [-0.2, 0) is 0 Å². The van der Waals surface area contributed by atoms with E-state index in [0.717, 1.165) is 39.0 Å². The zero-order valence-corrected chi connectivity index (χ0v) is 23.8. The molecule has 0 spiro atoms. The standard InChI is InChI=1S/C38H23NOSe/c1-2-11-27(12-3-1)39(28-16-19-37-34(22-28)32-17-14-24-8-6-7-13-30(24)38(32)41-37)29-15-18-31-33-20-25-9-4-5-10-26(25)21-35(33)40-36(31)23-29/h1-23H. The predicted molar refractivity (Wildman–Crippen MR) is 175 cm³/mol. The normalized spacial score (nSPS) is 11.9.